The number of benzene rings is 1. The highest BCUT2D eigenvalue weighted by atomic mass is 32.1. The van der Waals surface area contributed by atoms with Crippen LogP contribution in [0.3, 0.4) is 0 Å². The van der Waals surface area contributed by atoms with Gasteiger partial charge >= 0.3 is 0 Å². The minimum absolute atomic E-state index is 0.210. The summed E-state index contributed by atoms with van der Waals surface area (Å²) in [5.74, 6) is -0.367. The van der Waals surface area contributed by atoms with E-state index in [1.165, 1.54) is 17.6 Å². The molecule has 0 aliphatic heterocycles. The zero-order chi connectivity index (χ0) is 19.4. The zero-order valence-corrected chi connectivity index (χ0v) is 15.6. The lowest BCUT2D eigenvalue weighted by Crippen LogP contribution is -2.26. The van der Waals surface area contributed by atoms with Gasteiger partial charge in [0.25, 0.3) is 11.8 Å². The van der Waals surface area contributed by atoms with Gasteiger partial charge in [0.2, 0.25) is 0 Å². The number of carbonyl (C=O) groups is 2. The molecule has 0 aliphatic rings. The Kier molecular flexibility index (Phi) is 5.38. The molecule has 2 heterocycles. The molecule has 1 aromatic carbocycles. The summed E-state index contributed by atoms with van der Waals surface area (Å²) in [7, 11) is 0. The molecule has 0 saturated heterocycles. The number of nitriles is 1. The summed E-state index contributed by atoms with van der Waals surface area (Å²) in [5, 5.41) is 15.1. The van der Waals surface area contributed by atoms with Gasteiger partial charge in [-0.2, -0.15) is 5.26 Å². The summed E-state index contributed by atoms with van der Waals surface area (Å²) >= 11 is 1.21. The minimum atomic E-state index is -0.362. The predicted molar refractivity (Wildman–Crippen MR) is 103 cm³/mol. The molecule has 6 nitrogen and oxygen atoms in total. The molecule has 0 bridgehead atoms. The SMILES string of the molecule is Cc1cc(NC(=O)c2ccco2)sc1C(=O)NC(C)c1ccc(C#N)cc1. The van der Waals surface area contributed by atoms with Gasteiger partial charge in [-0.3, -0.25) is 9.59 Å². The quantitative estimate of drug-likeness (QED) is 0.692. The molecule has 3 aromatic rings. The molecule has 27 heavy (non-hydrogen) atoms. The van der Waals surface area contributed by atoms with Gasteiger partial charge in [0, 0.05) is 0 Å². The normalized spacial score (nSPS) is 11.4. The van der Waals surface area contributed by atoms with Gasteiger partial charge in [-0.05, 0) is 55.3 Å². The predicted octanol–water partition coefficient (Wildman–Crippen LogP) is 4.26. The lowest BCUT2D eigenvalue weighted by molar-refractivity contribution is 0.0942. The highest BCUT2D eigenvalue weighted by Gasteiger charge is 2.18. The molecule has 2 N–H and O–H groups in total. The fraction of sp³-hybridized carbons (Fsp3) is 0.150. The van der Waals surface area contributed by atoms with Crippen molar-refractivity contribution in [3.8, 4) is 6.07 Å². The van der Waals surface area contributed by atoms with Crippen LogP contribution in [0.2, 0.25) is 0 Å². The van der Waals surface area contributed by atoms with E-state index in [9.17, 15) is 9.59 Å². The number of hydrogen-bond donors (Lipinski definition) is 2. The van der Waals surface area contributed by atoms with E-state index < -0.39 is 0 Å². The van der Waals surface area contributed by atoms with Gasteiger partial charge in [-0.25, -0.2) is 0 Å². The molecule has 0 fully saturated rings. The van der Waals surface area contributed by atoms with Crippen molar-refractivity contribution in [1.29, 1.82) is 5.26 Å². The zero-order valence-electron chi connectivity index (χ0n) is 14.8. The minimum Gasteiger partial charge on any atom is -0.459 e. The Bertz CT molecular complexity index is 998. The summed E-state index contributed by atoms with van der Waals surface area (Å²) in [6.07, 6.45) is 1.43. The lowest BCUT2D eigenvalue weighted by atomic mass is 10.1. The maximum Gasteiger partial charge on any atom is 0.291 e. The molecule has 7 heteroatoms. The number of nitrogens with zero attached hydrogens (tertiary/aromatic N) is 1. The molecular formula is C20H17N3O3S. The second kappa shape index (κ2) is 7.89. The number of anilines is 1. The Morgan fingerprint density at radius 1 is 1.19 bits per heavy atom. The smallest absolute Gasteiger partial charge is 0.291 e. The van der Waals surface area contributed by atoms with Crippen molar-refractivity contribution < 1.29 is 14.0 Å². The van der Waals surface area contributed by atoms with Crippen molar-refractivity contribution in [2.24, 2.45) is 0 Å². The first kappa shape index (κ1) is 18.4. The first-order chi connectivity index (χ1) is 13.0. The average Bonchev–Trinajstić information content (AvgIpc) is 3.31. The van der Waals surface area contributed by atoms with Gasteiger partial charge in [-0.1, -0.05) is 12.1 Å². The van der Waals surface area contributed by atoms with Crippen LogP contribution in [0.15, 0.2) is 53.1 Å². The number of hydrogen-bond acceptors (Lipinski definition) is 5. The molecule has 3 rings (SSSR count). The van der Waals surface area contributed by atoms with E-state index in [0.29, 0.717) is 15.4 Å². The van der Waals surface area contributed by atoms with Gasteiger partial charge in [0.15, 0.2) is 5.76 Å². The standard InChI is InChI=1S/C20H17N3O3S/c1-12-10-17(23-19(24)16-4-3-9-26-16)27-18(12)20(25)22-13(2)15-7-5-14(11-21)6-8-15/h3-10,13H,1-2H3,(H,22,25)(H,23,24). The number of thiophene rings is 1. The first-order valence-corrected chi connectivity index (χ1v) is 9.06. The molecular weight excluding hydrogens is 362 g/mol. The largest absolute Gasteiger partial charge is 0.459 e. The second-order valence-corrected chi connectivity index (χ2v) is 7.04. The Labute approximate surface area is 160 Å². The fourth-order valence-electron chi connectivity index (χ4n) is 2.54. The third-order valence-corrected chi connectivity index (χ3v) is 5.14. The maximum absolute atomic E-state index is 12.6. The molecule has 2 amide bonds. The van der Waals surface area contributed by atoms with E-state index in [4.69, 9.17) is 9.68 Å². The van der Waals surface area contributed by atoms with Gasteiger partial charge in [0.05, 0.1) is 33.8 Å². The Hall–Kier alpha value is -3.37. The van der Waals surface area contributed by atoms with E-state index in [-0.39, 0.29) is 23.6 Å². The Balaban J connectivity index is 1.68. The van der Waals surface area contributed by atoms with Crippen LogP contribution in [0, 0.1) is 18.3 Å². The third kappa shape index (κ3) is 4.25. The summed E-state index contributed by atoms with van der Waals surface area (Å²) in [4.78, 5) is 25.2. The van der Waals surface area contributed by atoms with Gasteiger partial charge in [-0.15, -0.1) is 11.3 Å². The van der Waals surface area contributed by atoms with Crippen LogP contribution < -0.4 is 10.6 Å². The van der Waals surface area contributed by atoms with Crippen LogP contribution in [-0.4, -0.2) is 11.8 Å². The van der Waals surface area contributed by atoms with Crippen LogP contribution in [0.25, 0.3) is 0 Å². The van der Waals surface area contributed by atoms with Crippen LogP contribution in [0.5, 0.6) is 0 Å². The summed E-state index contributed by atoms with van der Waals surface area (Å²) < 4.78 is 5.06. The topological polar surface area (TPSA) is 95.1 Å². The molecule has 0 saturated carbocycles. The number of amides is 2. The molecule has 0 spiro atoms. The Morgan fingerprint density at radius 2 is 1.93 bits per heavy atom. The van der Waals surface area contributed by atoms with Crippen molar-refractivity contribution in [3.05, 3.63) is 76.1 Å². The molecule has 0 radical (unpaired) electrons. The summed E-state index contributed by atoms with van der Waals surface area (Å²) in [6, 6.07) is 13.9. The molecule has 136 valence electrons. The number of nitrogens with one attached hydrogen (secondary N) is 2. The third-order valence-electron chi connectivity index (χ3n) is 3.99. The lowest BCUT2D eigenvalue weighted by Gasteiger charge is -2.14. The molecule has 1 atom stereocenters. The van der Waals surface area contributed by atoms with E-state index in [1.54, 1.807) is 30.3 Å². The van der Waals surface area contributed by atoms with E-state index >= 15 is 0 Å². The van der Waals surface area contributed by atoms with Gasteiger partial charge in [0.1, 0.15) is 0 Å². The number of aryl methyl sites for hydroxylation is 1. The van der Waals surface area contributed by atoms with Crippen molar-refractivity contribution in [1.82, 2.24) is 5.32 Å². The number of carbonyl (C=O) groups excluding carboxylic acids is 2. The molecule has 2 aromatic heterocycles. The first-order valence-electron chi connectivity index (χ1n) is 8.24. The van der Waals surface area contributed by atoms with Gasteiger partial charge < -0.3 is 15.1 Å². The number of furan rings is 1. The molecule has 1 unspecified atom stereocenters. The highest BCUT2D eigenvalue weighted by Crippen LogP contribution is 2.28. The monoisotopic (exact) mass is 379 g/mol. The van der Waals surface area contributed by atoms with Crippen LogP contribution in [0.1, 0.15) is 49.9 Å². The van der Waals surface area contributed by atoms with Crippen molar-refractivity contribution >= 4 is 28.2 Å². The fourth-order valence-corrected chi connectivity index (χ4v) is 3.51. The number of rotatable bonds is 5. The summed E-state index contributed by atoms with van der Waals surface area (Å²) in [5.41, 5.74) is 2.26. The average molecular weight is 379 g/mol. The van der Waals surface area contributed by atoms with E-state index in [1.807, 2.05) is 26.0 Å². The highest BCUT2D eigenvalue weighted by molar-refractivity contribution is 7.18. The van der Waals surface area contributed by atoms with E-state index in [2.05, 4.69) is 16.7 Å². The second-order valence-electron chi connectivity index (χ2n) is 5.98. The van der Waals surface area contributed by atoms with Crippen LogP contribution in [-0.2, 0) is 0 Å². The van der Waals surface area contributed by atoms with Crippen molar-refractivity contribution in [2.75, 3.05) is 5.32 Å². The van der Waals surface area contributed by atoms with Crippen LogP contribution >= 0.6 is 11.3 Å². The Morgan fingerprint density at radius 3 is 2.56 bits per heavy atom. The van der Waals surface area contributed by atoms with E-state index in [0.717, 1.165) is 11.1 Å². The summed E-state index contributed by atoms with van der Waals surface area (Å²) in [6.45, 7) is 3.70. The van der Waals surface area contributed by atoms with Crippen LogP contribution in [0.4, 0.5) is 5.00 Å². The van der Waals surface area contributed by atoms with Crippen molar-refractivity contribution in [3.63, 3.8) is 0 Å². The maximum atomic E-state index is 12.6. The molecule has 0 aliphatic carbocycles. The van der Waals surface area contributed by atoms with Crippen molar-refractivity contribution in [2.45, 2.75) is 19.9 Å².